The number of nitrogens with one attached hydrogen (secondary N) is 1. The van der Waals surface area contributed by atoms with Crippen LogP contribution in [-0.2, 0) is 4.79 Å². The standard InChI is InChI=1S/C12H21N3O3/c1-9(2)15(6-4-5-13)12(18)14-8-10(3)7-11(16)17/h9-10H,4,6-8H2,1-3H3,(H,14,18)(H,16,17). The maximum atomic E-state index is 11.8. The molecule has 1 atom stereocenters. The number of amides is 2. The number of aliphatic carboxylic acids is 1. The third-order valence-corrected chi connectivity index (χ3v) is 2.47. The first kappa shape index (κ1) is 16.2. The zero-order valence-electron chi connectivity index (χ0n) is 11.1. The molecule has 0 aromatic heterocycles. The van der Waals surface area contributed by atoms with Gasteiger partial charge in [0.05, 0.1) is 12.5 Å². The van der Waals surface area contributed by atoms with E-state index in [1.54, 1.807) is 11.8 Å². The molecule has 0 saturated carbocycles. The zero-order valence-corrected chi connectivity index (χ0v) is 11.1. The van der Waals surface area contributed by atoms with Gasteiger partial charge in [0.2, 0.25) is 0 Å². The summed E-state index contributed by atoms with van der Waals surface area (Å²) in [6, 6.07) is 1.75. The molecule has 0 aromatic carbocycles. The Kier molecular flexibility index (Phi) is 7.52. The van der Waals surface area contributed by atoms with Gasteiger partial charge in [-0.25, -0.2) is 4.79 Å². The van der Waals surface area contributed by atoms with Crippen LogP contribution >= 0.6 is 0 Å². The first-order valence-corrected chi connectivity index (χ1v) is 6.01. The summed E-state index contributed by atoms with van der Waals surface area (Å²) in [6.45, 7) is 6.22. The molecule has 6 heteroatoms. The molecular weight excluding hydrogens is 234 g/mol. The summed E-state index contributed by atoms with van der Waals surface area (Å²) in [7, 11) is 0. The molecule has 2 N–H and O–H groups in total. The Morgan fingerprint density at radius 1 is 1.39 bits per heavy atom. The summed E-state index contributed by atoms with van der Waals surface area (Å²) in [4.78, 5) is 23.9. The third-order valence-electron chi connectivity index (χ3n) is 2.47. The molecule has 0 heterocycles. The number of carboxylic acid groups (broad SMARTS) is 1. The molecule has 18 heavy (non-hydrogen) atoms. The van der Waals surface area contributed by atoms with Gasteiger partial charge in [0.25, 0.3) is 0 Å². The second kappa shape index (κ2) is 8.34. The van der Waals surface area contributed by atoms with Gasteiger partial charge in [-0.05, 0) is 19.8 Å². The van der Waals surface area contributed by atoms with Gasteiger partial charge in [0.1, 0.15) is 0 Å². The fourth-order valence-corrected chi connectivity index (χ4v) is 1.50. The Morgan fingerprint density at radius 3 is 2.44 bits per heavy atom. The van der Waals surface area contributed by atoms with Crippen LogP contribution in [0.2, 0.25) is 0 Å². The van der Waals surface area contributed by atoms with E-state index in [9.17, 15) is 9.59 Å². The van der Waals surface area contributed by atoms with Crippen molar-refractivity contribution in [1.82, 2.24) is 10.2 Å². The summed E-state index contributed by atoms with van der Waals surface area (Å²) < 4.78 is 0. The molecule has 0 bridgehead atoms. The summed E-state index contributed by atoms with van der Waals surface area (Å²) in [5.74, 6) is -0.988. The zero-order chi connectivity index (χ0) is 14.1. The van der Waals surface area contributed by atoms with Gasteiger partial charge < -0.3 is 15.3 Å². The predicted octanol–water partition coefficient (Wildman–Crippen LogP) is 1.43. The van der Waals surface area contributed by atoms with Crippen molar-refractivity contribution < 1.29 is 14.7 Å². The number of hydrogen-bond donors (Lipinski definition) is 2. The van der Waals surface area contributed by atoms with Crippen LogP contribution < -0.4 is 5.32 Å². The van der Waals surface area contributed by atoms with Crippen molar-refractivity contribution in [2.24, 2.45) is 5.92 Å². The molecule has 1 unspecified atom stereocenters. The van der Waals surface area contributed by atoms with Gasteiger partial charge in [-0.1, -0.05) is 6.92 Å². The maximum absolute atomic E-state index is 11.8. The van der Waals surface area contributed by atoms with Gasteiger partial charge in [-0.15, -0.1) is 0 Å². The molecule has 6 nitrogen and oxygen atoms in total. The molecule has 0 aromatic rings. The molecule has 102 valence electrons. The SMILES string of the molecule is CC(CNC(=O)N(CCC#N)C(C)C)CC(=O)O. The Balaban J connectivity index is 4.18. The Labute approximate surface area is 108 Å². The quantitative estimate of drug-likeness (QED) is 0.719. The van der Waals surface area contributed by atoms with Crippen LogP contribution in [0.15, 0.2) is 0 Å². The van der Waals surface area contributed by atoms with Crippen LogP contribution in [0.25, 0.3) is 0 Å². The van der Waals surface area contributed by atoms with Gasteiger partial charge in [-0.2, -0.15) is 5.26 Å². The van der Waals surface area contributed by atoms with E-state index in [-0.39, 0.29) is 30.8 Å². The fraction of sp³-hybridized carbons (Fsp3) is 0.750. The van der Waals surface area contributed by atoms with Gasteiger partial charge in [0, 0.05) is 25.6 Å². The Hall–Kier alpha value is -1.77. The molecule has 0 radical (unpaired) electrons. The number of nitrogens with zero attached hydrogens (tertiary/aromatic N) is 2. The number of nitriles is 1. The predicted molar refractivity (Wildman–Crippen MR) is 66.9 cm³/mol. The lowest BCUT2D eigenvalue weighted by atomic mass is 10.1. The number of hydrogen-bond acceptors (Lipinski definition) is 3. The third kappa shape index (κ3) is 6.74. The highest BCUT2D eigenvalue weighted by Gasteiger charge is 2.17. The average molecular weight is 255 g/mol. The first-order chi connectivity index (χ1) is 8.38. The first-order valence-electron chi connectivity index (χ1n) is 6.01. The van der Waals surface area contributed by atoms with E-state index < -0.39 is 5.97 Å². The van der Waals surface area contributed by atoms with Crippen LogP contribution in [0.4, 0.5) is 4.79 Å². The summed E-state index contributed by atoms with van der Waals surface area (Å²) in [5.41, 5.74) is 0. The van der Waals surface area contributed by atoms with Crippen LogP contribution in [0.3, 0.4) is 0 Å². The highest BCUT2D eigenvalue weighted by Crippen LogP contribution is 2.03. The number of carbonyl (C=O) groups excluding carboxylic acids is 1. The van der Waals surface area contributed by atoms with Crippen molar-refractivity contribution in [2.45, 2.75) is 39.7 Å². The smallest absolute Gasteiger partial charge is 0.317 e. The number of carbonyl (C=O) groups is 2. The van der Waals surface area contributed by atoms with Gasteiger partial charge in [0.15, 0.2) is 0 Å². The minimum Gasteiger partial charge on any atom is -0.481 e. The maximum Gasteiger partial charge on any atom is 0.317 e. The molecular formula is C12H21N3O3. The summed E-state index contributed by atoms with van der Waals surface area (Å²) in [6.07, 6.45) is 0.316. The van der Waals surface area contributed by atoms with Crippen molar-refractivity contribution in [3.63, 3.8) is 0 Å². The van der Waals surface area contributed by atoms with Gasteiger partial charge in [-0.3, -0.25) is 4.79 Å². The van der Waals surface area contributed by atoms with E-state index in [1.165, 1.54) is 0 Å². The minimum atomic E-state index is -0.873. The Morgan fingerprint density at radius 2 is 2.00 bits per heavy atom. The molecule has 0 aliphatic rings. The molecule has 0 rings (SSSR count). The van der Waals surface area contributed by atoms with E-state index in [4.69, 9.17) is 10.4 Å². The normalized spacial score (nSPS) is 11.7. The second-order valence-electron chi connectivity index (χ2n) is 4.58. The monoisotopic (exact) mass is 255 g/mol. The number of carboxylic acids is 1. The van der Waals surface area contributed by atoms with E-state index >= 15 is 0 Å². The van der Waals surface area contributed by atoms with Crippen LogP contribution in [0.1, 0.15) is 33.6 Å². The van der Waals surface area contributed by atoms with Crippen LogP contribution in [0.5, 0.6) is 0 Å². The topological polar surface area (TPSA) is 93.4 Å². The molecule has 2 amide bonds. The second-order valence-corrected chi connectivity index (χ2v) is 4.58. The summed E-state index contributed by atoms with van der Waals surface area (Å²) >= 11 is 0. The minimum absolute atomic E-state index is 0.00753. The van der Waals surface area contributed by atoms with Crippen LogP contribution in [0, 0.1) is 17.2 Å². The van der Waals surface area contributed by atoms with Crippen molar-refractivity contribution >= 4 is 12.0 Å². The molecule has 0 saturated heterocycles. The van der Waals surface area contributed by atoms with E-state index in [0.29, 0.717) is 13.1 Å². The lowest BCUT2D eigenvalue weighted by Crippen LogP contribution is -2.45. The lowest BCUT2D eigenvalue weighted by molar-refractivity contribution is -0.137. The Bertz CT molecular complexity index is 323. The summed E-state index contributed by atoms with van der Waals surface area (Å²) in [5, 5.41) is 19.8. The van der Waals surface area contributed by atoms with Crippen LogP contribution in [-0.4, -0.2) is 41.1 Å². The highest BCUT2D eigenvalue weighted by molar-refractivity contribution is 5.74. The highest BCUT2D eigenvalue weighted by atomic mass is 16.4. The van der Waals surface area contributed by atoms with E-state index in [0.717, 1.165) is 0 Å². The molecule has 0 aliphatic carbocycles. The number of urea groups is 1. The largest absolute Gasteiger partial charge is 0.481 e. The van der Waals surface area contributed by atoms with Crippen molar-refractivity contribution in [2.75, 3.05) is 13.1 Å². The average Bonchev–Trinajstić information content (AvgIpc) is 2.25. The van der Waals surface area contributed by atoms with Crippen molar-refractivity contribution in [3.05, 3.63) is 0 Å². The molecule has 0 aliphatic heterocycles. The van der Waals surface area contributed by atoms with Crippen molar-refractivity contribution in [3.8, 4) is 6.07 Å². The van der Waals surface area contributed by atoms with E-state index in [1.807, 2.05) is 19.9 Å². The van der Waals surface area contributed by atoms with Gasteiger partial charge >= 0.3 is 12.0 Å². The van der Waals surface area contributed by atoms with E-state index in [2.05, 4.69) is 5.32 Å². The molecule has 0 spiro atoms. The lowest BCUT2D eigenvalue weighted by Gasteiger charge is -2.26. The molecule has 0 fully saturated rings. The van der Waals surface area contributed by atoms with Crippen molar-refractivity contribution in [1.29, 1.82) is 5.26 Å². The number of rotatable bonds is 7. The fourth-order valence-electron chi connectivity index (χ4n) is 1.50.